The molecule has 1 amide bonds. The zero-order chi connectivity index (χ0) is 21.3. The van der Waals surface area contributed by atoms with E-state index in [4.69, 9.17) is 0 Å². The van der Waals surface area contributed by atoms with E-state index >= 15 is 0 Å². The van der Waals surface area contributed by atoms with E-state index in [2.05, 4.69) is 9.97 Å². The summed E-state index contributed by atoms with van der Waals surface area (Å²) in [5.41, 5.74) is 1.64. The fraction of sp³-hybridized carbons (Fsp3) is 0.227. The summed E-state index contributed by atoms with van der Waals surface area (Å²) >= 11 is 0.939. The van der Waals surface area contributed by atoms with Crippen LogP contribution >= 0.6 is 11.8 Å². The second-order valence-electron chi connectivity index (χ2n) is 6.91. The molecule has 0 spiro atoms. The minimum Gasteiger partial charge on any atom is -0.311 e. The van der Waals surface area contributed by atoms with E-state index in [1.807, 2.05) is 24.3 Å². The van der Waals surface area contributed by atoms with Crippen molar-refractivity contribution >= 4 is 23.4 Å². The van der Waals surface area contributed by atoms with Gasteiger partial charge in [0, 0.05) is 17.8 Å². The van der Waals surface area contributed by atoms with Gasteiger partial charge in [0.2, 0.25) is 5.91 Å². The highest BCUT2D eigenvalue weighted by atomic mass is 32.2. The van der Waals surface area contributed by atoms with E-state index in [9.17, 15) is 18.0 Å². The molecule has 4 nitrogen and oxygen atoms in total. The van der Waals surface area contributed by atoms with Crippen LogP contribution < -0.4 is 4.90 Å². The Bertz CT molecular complexity index is 1070. The van der Waals surface area contributed by atoms with Gasteiger partial charge < -0.3 is 4.90 Å². The Kier molecular flexibility index (Phi) is 5.51. The lowest BCUT2D eigenvalue weighted by atomic mass is 10.1. The maximum Gasteiger partial charge on any atom is 0.433 e. The molecule has 2 heterocycles. The quantitative estimate of drug-likeness (QED) is 0.421. The van der Waals surface area contributed by atoms with Crippen molar-refractivity contribution in [3.8, 4) is 11.3 Å². The molecule has 2 aromatic carbocycles. The number of nitrogens with zero attached hydrogens (tertiary/aromatic N) is 3. The van der Waals surface area contributed by atoms with Crippen molar-refractivity contribution in [3.63, 3.8) is 0 Å². The molecule has 0 bridgehead atoms. The Labute approximate surface area is 176 Å². The normalized spacial score (nSPS) is 14.5. The summed E-state index contributed by atoms with van der Waals surface area (Å²) in [6.07, 6.45) is -3.85. The van der Waals surface area contributed by atoms with Gasteiger partial charge in [-0.15, -0.1) is 0 Å². The second kappa shape index (κ2) is 8.10. The van der Waals surface area contributed by atoms with E-state index in [-0.39, 0.29) is 16.8 Å². The lowest BCUT2D eigenvalue weighted by Gasteiger charge is -2.21. The topological polar surface area (TPSA) is 46.1 Å². The van der Waals surface area contributed by atoms with Crippen LogP contribution in [0.15, 0.2) is 65.8 Å². The zero-order valence-corrected chi connectivity index (χ0v) is 16.9. The number of fused-ring (bicyclic) bond motifs is 1. The molecule has 30 heavy (non-hydrogen) atoms. The predicted octanol–water partition coefficient (Wildman–Crippen LogP) is 5.23. The molecule has 3 aromatic rings. The first-order chi connectivity index (χ1) is 14.3. The Hall–Kier alpha value is -2.87. The van der Waals surface area contributed by atoms with Crippen LogP contribution in [0.3, 0.4) is 0 Å². The first-order valence-electron chi connectivity index (χ1n) is 9.40. The standard InChI is InChI=1S/C22H18F3N3OS/c1-14(20(29)28-12-11-16-9-5-6-10-18(16)28)30-21-26-17(15-7-3-2-4-8-15)13-19(27-21)22(23,24)25/h2-10,13-14H,11-12H2,1H3. The van der Waals surface area contributed by atoms with Gasteiger partial charge in [-0.25, -0.2) is 9.97 Å². The SMILES string of the molecule is CC(Sc1nc(-c2ccccc2)cc(C(F)(F)F)n1)C(=O)N1CCc2ccccc21. The number of halogens is 3. The van der Waals surface area contributed by atoms with E-state index in [0.29, 0.717) is 12.1 Å². The minimum absolute atomic E-state index is 0.0722. The Balaban J connectivity index is 1.61. The highest BCUT2D eigenvalue weighted by Gasteiger charge is 2.35. The Morgan fingerprint density at radius 2 is 1.77 bits per heavy atom. The molecule has 0 N–H and O–H groups in total. The van der Waals surface area contributed by atoms with Gasteiger partial charge in [-0.2, -0.15) is 13.2 Å². The fourth-order valence-electron chi connectivity index (χ4n) is 3.38. The average molecular weight is 429 g/mol. The molecular weight excluding hydrogens is 411 g/mol. The number of carbonyl (C=O) groups excluding carboxylic acids is 1. The van der Waals surface area contributed by atoms with Crippen molar-refractivity contribution in [2.75, 3.05) is 11.4 Å². The molecule has 154 valence electrons. The maximum atomic E-state index is 13.4. The molecule has 1 unspecified atom stereocenters. The third-order valence-corrected chi connectivity index (χ3v) is 5.80. The van der Waals surface area contributed by atoms with Gasteiger partial charge in [0.05, 0.1) is 10.9 Å². The molecule has 0 saturated heterocycles. The van der Waals surface area contributed by atoms with Gasteiger partial charge in [0.25, 0.3) is 0 Å². The monoisotopic (exact) mass is 429 g/mol. The molecule has 0 fully saturated rings. The van der Waals surface area contributed by atoms with Gasteiger partial charge in [0.15, 0.2) is 5.16 Å². The van der Waals surface area contributed by atoms with Gasteiger partial charge in [0.1, 0.15) is 5.69 Å². The Morgan fingerprint density at radius 1 is 1.07 bits per heavy atom. The summed E-state index contributed by atoms with van der Waals surface area (Å²) < 4.78 is 40.2. The van der Waals surface area contributed by atoms with Crippen LogP contribution in [0.1, 0.15) is 18.2 Å². The van der Waals surface area contributed by atoms with E-state index in [0.717, 1.165) is 35.5 Å². The van der Waals surface area contributed by atoms with Crippen molar-refractivity contribution in [2.24, 2.45) is 0 Å². The lowest BCUT2D eigenvalue weighted by molar-refractivity contribution is -0.141. The lowest BCUT2D eigenvalue weighted by Crippen LogP contribution is -2.35. The van der Waals surface area contributed by atoms with Gasteiger partial charge in [-0.1, -0.05) is 60.3 Å². The molecule has 1 aromatic heterocycles. The molecule has 8 heteroatoms. The van der Waals surface area contributed by atoms with Crippen molar-refractivity contribution < 1.29 is 18.0 Å². The highest BCUT2D eigenvalue weighted by Crippen LogP contribution is 2.34. The molecule has 0 saturated carbocycles. The van der Waals surface area contributed by atoms with Crippen LogP contribution in [0.2, 0.25) is 0 Å². The zero-order valence-electron chi connectivity index (χ0n) is 16.1. The summed E-state index contributed by atoms with van der Waals surface area (Å²) in [6.45, 7) is 2.22. The fourth-order valence-corrected chi connectivity index (χ4v) is 4.22. The van der Waals surface area contributed by atoms with E-state index < -0.39 is 17.1 Å². The molecule has 1 aliphatic rings. The number of benzene rings is 2. The molecular formula is C22H18F3N3OS. The summed E-state index contributed by atoms with van der Waals surface area (Å²) in [6, 6.07) is 17.2. The molecule has 1 atom stereocenters. The number of rotatable bonds is 4. The number of hydrogen-bond donors (Lipinski definition) is 0. The number of para-hydroxylation sites is 1. The number of thioether (sulfide) groups is 1. The molecule has 4 rings (SSSR count). The summed E-state index contributed by atoms with van der Waals surface area (Å²) in [5, 5.41) is -0.708. The van der Waals surface area contributed by atoms with Crippen LogP contribution in [-0.2, 0) is 17.4 Å². The minimum atomic E-state index is -4.61. The highest BCUT2D eigenvalue weighted by molar-refractivity contribution is 8.00. The number of aromatic nitrogens is 2. The maximum absolute atomic E-state index is 13.4. The number of alkyl halides is 3. The number of anilines is 1. The van der Waals surface area contributed by atoms with E-state index in [1.54, 1.807) is 42.2 Å². The summed E-state index contributed by atoms with van der Waals surface area (Å²) in [7, 11) is 0. The van der Waals surface area contributed by atoms with Gasteiger partial charge in [-0.05, 0) is 31.0 Å². The number of hydrogen-bond acceptors (Lipinski definition) is 4. The molecule has 0 radical (unpaired) electrons. The smallest absolute Gasteiger partial charge is 0.311 e. The van der Waals surface area contributed by atoms with Crippen molar-refractivity contribution in [1.29, 1.82) is 0 Å². The van der Waals surface area contributed by atoms with Crippen LogP contribution in [0.5, 0.6) is 0 Å². The van der Waals surface area contributed by atoms with Crippen LogP contribution in [0, 0.1) is 0 Å². The number of carbonyl (C=O) groups is 1. The van der Waals surface area contributed by atoms with Crippen LogP contribution in [-0.4, -0.2) is 27.7 Å². The van der Waals surface area contributed by atoms with Crippen molar-refractivity contribution in [2.45, 2.75) is 29.9 Å². The Morgan fingerprint density at radius 3 is 2.50 bits per heavy atom. The van der Waals surface area contributed by atoms with Gasteiger partial charge >= 0.3 is 6.18 Å². The largest absolute Gasteiger partial charge is 0.433 e. The third-order valence-electron chi connectivity index (χ3n) is 4.85. The van der Waals surface area contributed by atoms with Crippen LogP contribution in [0.25, 0.3) is 11.3 Å². The molecule has 1 aliphatic heterocycles. The summed E-state index contributed by atoms with van der Waals surface area (Å²) in [5.74, 6) is -0.174. The van der Waals surface area contributed by atoms with Crippen LogP contribution in [0.4, 0.5) is 18.9 Å². The number of amides is 1. The first-order valence-corrected chi connectivity index (χ1v) is 10.3. The average Bonchev–Trinajstić information content (AvgIpc) is 3.17. The first kappa shape index (κ1) is 20.4. The van der Waals surface area contributed by atoms with Gasteiger partial charge in [-0.3, -0.25) is 4.79 Å². The van der Waals surface area contributed by atoms with Crippen molar-refractivity contribution in [1.82, 2.24) is 9.97 Å². The molecule has 0 aliphatic carbocycles. The predicted molar refractivity (Wildman–Crippen MR) is 110 cm³/mol. The summed E-state index contributed by atoms with van der Waals surface area (Å²) in [4.78, 5) is 22.6. The third kappa shape index (κ3) is 4.18. The van der Waals surface area contributed by atoms with E-state index in [1.165, 1.54) is 0 Å². The second-order valence-corrected chi connectivity index (χ2v) is 8.22. The van der Waals surface area contributed by atoms with Crippen molar-refractivity contribution in [3.05, 3.63) is 71.9 Å².